The summed E-state index contributed by atoms with van der Waals surface area (Å²) < 4.78 is 0. The van der Waals surface area contributed by atoms with Crippen LogP contribution in [0.15, 0.2) is 55.1 Å². The summed E-state index contributed by atoms with van der Waals surface area (Å²) in [5.41, 5.74) is 3.17. The van der Waals surface area contributed by atoms with E-state index in [1.165, 1.54) is 0 Å². The predicted octanol–water partition coefficient (Wildman–Crippen LogP) is 3.82. The van der Waals surface area contributed by atoms with Gasteiger partial charge in [-0.2, -0.15) is 0 Å². The Morgan fingerprint density at radius 3 is 2.93 bits per heavy atom. The van der Waals surface area contributed by atoms with Gasteiger partial charge in [-0.1, -0.05) is 11.6 Å². The highest BCUT2D eigenvalue weighted by Gasteiger charge is 2.40. The zero-order valence-corrected chi connectivity index (χ0v) is 15.7. The monoisotopic (exact) mass is 392 g/mol. The maximum absolute atomic E-state index is 13.1. The number of nitrogens with zero attached hydrogens (tertiary/aromatic N) is 5. The number of rotatable bonds is 2. The second kappa shape index (κ2) is 6.76. The van der Waals surface area contributed by atoms with E-state index >= 15 is 0 Å². The van der Waals surface area contributed by atoms with Crippen LogP contribution in [0.4, 0.5) is 22.0 Å². The first-order chi connectivity index (χ1) is 13.7. The van der Waals surface area contributed by atoms with Crippen molar-refractivity contribution in [3.05, 3.63) is 60.1 Å². The molecule has 3 aromatic rings. The summed E-state index contributed by atoms with van der Waals surface area (Å²) in [7, 11) is 0. The van der Waals surface area contributed by atoms with E-state index in [4.69, 9.17) is 16.6 Å². The van der Waals surface area contributed by atoms with Gasteiger partial charge in [-0.15, -0.1) is 0 Å². The molecule has 0 spiro atoms. The first kappa shape index (κ1) is 16.9. The van der Waals surface area contributed by atoms with Crippen molar-refractivity contribution < 1.29 is 4.79 Å². The Morgan fingerprint density at radius 2 is 2.11 bits per heavy atom. The van der Waals surface area contributed by atoms with Gasteiger partial charge in [-0.25, -0.2) is 9.78 Å². The smallest absolute Gasteiger partial charge is 0.327 e. The lowest BCUT2D eigenvalue weighted by atomic mass is 10.1. The summed E-state index contributed by atoms with van der Waals surface area (Å²) in [5.74, 6) is 0.660. The van der Waals surface area contributed by atoms with E-state index in [9.17, 15) is 4.79 Å². The molecule has 28 heavy (non-hydrogen) atoms. The van der Waals surface area contributed by atoms with E-state index < -0.39 is 0 Å². The van der Waals surface area contributed by atoms with E-state index in [0.29, 0.717) is 16.5 Å². The number of halogens is 1. The lowest BCUT2D eigenvalue weighted by molar-refractivity contribution is 0.255. The molecule has 0 aromatic carbocycles. The summed E-state index contributed by atoms with van der Waals surface area (Å²) in [5, 5.41) is 3.48. The molecule has 1 saturated heterocycles. The standard InChI is InChI=1S/C20H17ClN6O/c21-14-8-13(9-23-10-14)17-3-4-18-19(25-17)27(16-5-7-26(18)12-16)20(28)24-15-2-1-6-22-11-15/h1-4,6,8-11,16H,5,7,12H2,(H,24,28)/t16-/m0/s1. The molecule has 1 N–H and O–H groups in total. The zero-order chi connectivity index (χ0) is 19.1. The average molecular weight is 393 g/mol. The van der Waals surface area contributed by atoms with Crippen LogP contribution in [-0.2, 0) is 0 Å². The van der Waals surface area contributed by atoms with Crippen molar-refractivity contribution in [3.8, 4) is 11.3 Å². The van der Waals surface area contributed by atoms with Crippen LogP contribution in [0.25, 0.3) is 11.3 Å². The number of anilines is 3. The van der Waals surface area contributed by atoms with E-state index in [2.05, 4.69) is 20.2 Å². The van der Waals surface area contributed by atoms with E-state index in [-0.39, 0.29) is 12.1 Å². The number of aromatic nitrogens is 3. The van der Waals surface area contributed by atoms with Gasteiger partial charge < -0.3 is 10.2 Å². The minimum atomic E-state index is -0.199. The van der Waals surface area contributed by atoms with Gasteiger partial charge in [0.05, 0.1) is 34.3 Å². The number of carbonyl (C=O) groups excluding carboxylic acids is 1. The molecule has 5 rings (SSSR count). The van der Waals surface area contributed by atoms with Gasteiger partial charge in [0, 0.05) is 37.2 Å². The normalized spacial score (nSPS) is 17.4. The molecule has 2 aliphatic rings. The van der Waals surface area contributed by atoms with Crippen LogP contribution in [-0.4, -0.2) is 40.1 Å². The summed E-state index contributed by atoms with van der Waals surface area (Å²) in [6.07, 6.45) is 7.52. The van der Waals surface area contributed by atoms with Gasteiger partial charge in [0.25, 0.3) is 0 Å². The number of hydrogen-bond donors (Lipinski definition) is 1. The molecule has 3 aromatic heterocycles. The van der Waals surface area contributed by atoms with Crippen molar-refractivity contribution in [2.75, 3.05) is 28.2 Å². The first-order valence-corrected chi connectivity index (χ1v) is 9.44. The Hall–Kier alpha value is -3.19. The second-order valence-corrected chi connectivity index (χ2v) is 7.30. The minimum Gasteiger partial charge on any atom is -0.366 e. The van der Waals surface area contributed by atoms with Crippen LogP contribution in [0.1, 0.15) is 6.42 Å². The number of carbonyl (C=O) groups is 1. The summed E-state index contributed by atoms with van der Waals surface area (Å²) in [6, 6.07) is 9.28. The third-order valence-corrected chi connectivity index (χ3v) is 5.29. The molecule has 1 fully saturated rings. The van der Waals surface area contributed by atoms with Gasteiger partial charge in [0.15, 0.2) is 5.82 Å². The van der Waals surface area contributed by atoms with Crippen molar-refractivity contribution in [2.24, 2.45) is 0 Å². The largest absolute Gasteiger partial charge is 0.366 e. The van der Waals surface area contributed by atoms with Gasteiger partial charge in [-0.3, -0.25) is 14.9 Å². The molecule has 2 amide bonds. The Balaban J connectivity index is 1.54. The van der Waals surface area contributed by atoms with Gasteiger partial charge in [-0.05, 0) is 36.8 Å². The lowest BCUT2D eigenvalue weighted by Crippen LogP contribution is -2.48. The molecule has 1 atom stereocenters. The highest BCUT2D eigenvalue weighted by Crippen LogP contribution is 2.40. The third-order valence-electron chi connectivity index (χ3n) is 5.08. The Labute approximate surface area is 167 Å². The molecule has 2 aliphatic heterocycles. The van der Waals surface area contributed by atoms with Crippen LogP contribution in [0.3, 0.4) is 0 Å². The SMILES string of the molecule is O=C(Nc1cccnc1)N1c2nc(-c3cncc(Cl)c3)ccc2N2CC[C@H]1C2. The number of amides is 2. The fourth-order valence-corrected chi connectivity index (χ4v) is 3.98. The van der Waals surface area contributed by atoms with Crippen LogP contribution in [0.2, 0.25) is 5.02 Å². The van der Waals surface area contributed by atoms with Crippen LogP contribution < -0.4 is 15.1 Å². The molecule has 140 valence electrons. The second-order valence-electron chi connectivity index (χ2n) is 6.86. The Bertz CT molecular complexity index is 1040. The van der Waals surface area contributed by atoms with Crippen LogP contribution in [0.5, 0.6) is 0 Å². The average Bonchev–Trinajstić information content (AvgIpc) is 3.13. The number of fused-ring (bicyclic) bond motifs is 4. The van der Waals surface area contributed by atoms with Gasteiger partial charge in [0.2, 0.25) is 0 Å². The topological polar surface area (TPSA) is 74.2 Å². The fraction of sp³-hybridized carbons (Fsp3) is 0.200. The van der Waals surface area contributed by atoms with Crippen molar-refractivity contribution >= 4 is 34.8 Å². The number of hydrogen-bond acceptors (Lipinski definition) is 5. The summed E-state index contributed by atoms with van der Waals surface area (Å²) in [6.45, 7) is 1.72. The number of pyridine rings is 3. The molecular weight excluding hydrogens is 376 g/mol. The molecule has 0 saturated carbocycles. The summed E-state index contributed by atoms with van der Waals surface area (Å²) >= 11 is 6.08. The van der Waals surface area contributed by atoms with E-state index in [1.54, 1.807) is 35.8 Å². The molecule has 5 heterocycles. The lowest BCUT2D eigenvalue weighted by Gasteiger charge is -2.35. The van der Waals surface area contributed by atoms with E-state index in [1.807, 2.05) is 24.3 Å². The quantitative estimate of drug-likeness (QED) is 0.717. The maximum atomic E-state index is 13.1. The van der Waals surface area contributed by atoms with Gasteiger partial charge >= 0.3 is 6.03 Å². The number of nitrogens with one attached hydrogen (secondary N) is 1. The molecule has 8 heteroatoms. The fourth-order valence-electron chi connectivity index (χ4n) is 3.80. The minimum absolute atomic E-state index is 0.0874. The van der Waals surface area contributed by atoms with Crippen LogP contribution >= 0.6 is 11.6 Å². The molecule has 7 nitrogen and oxygen atoms in total. The number of urea groups is 1. The maximum Gasteiger partial charge on any atom is 0.327 e. The Morgan fingerprint density at radius 1 is 1.18 bits per heavy atom. The van der Waals surface area contributed by atoms with E-state index in [0.717, 1.165) is 36.5 Å². The molecule has 2 bridgehead atoms. The molecule has 0 radical (unpaired) electrons. The van der Waals surface area contributed by atoms with Crippen molar-refractivity contribution in [1.82, 2.24) is 15.0 Å². The van der Waals surface area contributed by atoms with Gasteiger partial charge in [0.1, 0.15) is 0 Å². The van der Waals surface area contributed by atoms with Crippen LogP contribution in [0, 0.1) is 0 Å². The highest BCUT2D eigenvalue weighted by atomic mass is 35.5. The zero-order valence-electron chi connectivity index (χ0n) is 14.9. The molecule has 0 unspecified atom stereocenters. The van der Waals surface area contributed by atoms with Crippen molar-refractivity contribution in [1.29, 1.82) is 0 Å². The third kappa shape index (κ3) is 2.93. The predicted molar refractivity (Wildman–Crippen MR) is 109 cm³/mol. The molecule has 0 aliphatic carbocycles. The highest BCUT2D eigenvalue weighted by molar-refractivity contribution is 6.30. The van der Waals surface area contributed by atoms with Crippen molar-refractivity contribution in [3.63, 3.8) is 0 Å². The molecular formula is C20H17ClN6O. The summed E-state index contributed by atoms with van der Waals surface area (Å²) in [4.78, 5) is 30.2. The Kier molecular flexibility index (Phi) is 4.09. The first-order valence-electron chi connectivity index (χ1n) is 9.06. The van der Waals surface area contributed by atoms with Crippen molar-refractivity contribution in [2.45, 2.75) is 12.5 Å².